The van der Waals surface area contributed by atoms with Crippen molar-refractivity contribution in [3.05, 3.63) is 83.2 Å². The number of rotatable bonds is 12. The number of nitrogens with two attached hydrogens (primary N) is 2. The lowest BCUT2D eigenvalue weighted by atomic mass is 9.98. The number of nitrogens with zero attached hydrogens (tertiary/aromatic N) is 7. The van der Waals surface area contributed by atoms with E-state index in [1.807, 2.05) is 49.9 Å². The van der Waals surface area contributed by atoms with E-state index in [1.54, 1.807) is 42.4 Å². The molecule has 0 saturated carbocycles. The summed E-state index contributed by atoms with van der Waals surface area (Å²) in [6.45, 7) is 8.73. The number of pyridine rings is 2. The molecule has 0 unspecified atom stereocenters. The standard InChI is InChI=1S/C37H46N10O3/c1-5-47(31-12-11-30(38)35(44-31)34(39)28-10-13-32(42-20-28)50-24(2)3)37(49)29-14-17-45(21-29)22-33(48)46-18-15-26(16-19-46)25-6-8-27(9-7-25)36(40)43-23-41-4/h6-13,15,20,23-24,29,39H,5,14,16-19,21-22,38H2,1-4H3,(H2,40,41,43)/t29-/m1/s1. The zero-order chi connectivity index (χ0) is 35.8. The second kappa shape index (κ2) is 16.3. The Labute approximate surface area is 293 Å². The SMILES string of the molecule is CCN(C(=O)[C@@H]1CCN(CC(=O)N2CC=C(c3ccc(C(N)=NC=NC)cc3)CC2)C1)c1ccc(N)c(C(=N)c2ccc(OC(C)C)nc2)n1. The van der Waals surface area contributed by atoms with E-state index in [2.05, 4.69) is 30.9 Å². The number of carbonyl (C=O) groups is 2. The molecule has 0 spiro atoms. The Morgan fingerprint density at radius 2 is 1.88 bits per heavy atom. The van der Waals surface area contributed by atoms with E-state index in [0.29, 0.717) is 67.9 Å². The average molecular weight is 679 g/mol. The van der Waals surface area contributed by atoms with Crippen molar-refractivity contribution in [3.8, 4) is 5.88 Å². The highest BCUT2D eigenvalue weighted by molar-refractivity contribution is 6.12. The topological polar surface area (TPSA) is 179 Å². The van der Waals surface area contributed by atoms with Crippen LogP contribution >= 0.6 is 0 Å². The molecule has 5 rings (SSSR count). The van der Waals surface area contributed by atoms with Crippen molar-refractivity contribution in [2.75, 3.05) is 56.9 Å². The number of likely N-dealkylation sites (tertiary alicyclic amines) is 1. The molecule has 50 heavy (non-hydrogen) atoms. The lowest BCUT2D eigenvalue weighted by Gasteiger charge is -2.29. The first kappa shape index (κ1) is 35.9. The molecular weight excluding hydrogens is 632 g/mol. The number of hydrogen-bond donors (Lipinski definition) is 3. The summed E-state index contributed by atoms with van der Waals surface area (Å²) >= 11 is 0. The molecule has 13 heteroatoms. The van der Waals surface area contributed by atoms with E-state index in [9.17, 15) is 9.59 Å². The van der Waals surface area contributed by atoms with Crippen LogP contribution in [0.25, 0.3) is 5.57 Å². The van der Waals surface area contributed by atoms with Crippen molar-refractivity contribution in [2.45, 2.75) is 39.7 Å². The van der Waals surface area contributed by atoms with Crippen molar-refractivity contribution < 1.29 is 14.3 Å². The molecule has 0 radical (unpaired) electrons. The maximum atomic E-state index is 13.8. The molecule has 2 aromatic heterocycles. The molecule has 0 bridgehead atoms. The van der Waals surface area contributed by atoms with Crippen molar-refractivity contribution in [1.82, 2.24) is 19.8 Å². The Balaban J connectivity index is 1.16. The quantitative estimate of drug-likeness (QED) is 0.192. The van der Waals surface area contributed by atoms with Gasteiger partial charge in [-0.25, -0.2) is 15.0 Å². The maximum Gasteiger partial charge on any atom is 0.237 e. The minimum Gasteiger partial charge on any atom is -0.475 e. The smallest absolute Gasteiger partial charge is 0.237 e. The fraction of sp³-hybridized carbons (Fsp3) is 0.378. The Kier molecular flexibility index (Phi) is 11.7. The number of aliphatic imine (C=N–C) groups is 2. The van der Waals surface area contributed by atoms with E-state index in [0.717, 1.165) is 17.5 Å². The van der Waals surface area contributed by atoms with E-state index in [4.69, 9.17) is 21.6 Å². The van der Waals surface area contributed by atoms with Crippen LogP contribution in [-0.4, -0.2) is 102 Å². The number of amidine groups is 1. The van der Waals surface area contributed by atoms with Gasteiger partial charge in [-0.05, 0) is 69.5 Å². The zero-order valence-electron chi connectivity index (χ0n) is 29.2. The molecule has 1 atom stereocenters. The molecule has 1 fully saturated rings. The Bertz CT molecular complexity index is 1780. The van der Waals surface area contributed by atoms with Gasteiger partial charge in [0.25, 0.3) is 0 Å². The number of amides is 2. The van der Waals surface area contributed by atoms with Gasteiger partial charge in [0, 0.05) is 56.6 Å². The summed E-state index contributed by atoms with van der Waals surface area (Å²) in [6, 6.07) is 14.8. The number of carbonyl (C=O) groups excluding carboxylic acids is 2. The molecule has 13 nitrogen and oxygen atoms in total. The summed E-state index contributed by atoms with van der Waals surface area (Å²) in [5, 5.41) is 8.78. The molecule has 262 valence electrons. The third-order valence-corrected chi connectivity index (χ3v) is 8.79. The van der Waals surface area contributed by atoms with Crippen LogP contribution in [0.5, 0.6) is 5.88 Å². The van der Waals surface area contributed by atoms with Gasteiger partial charge < -0.3 is 21.1 Å². The number of hydrogen-bond acceptors (Lipinski definition) is 9. The summed E-state index contributed by atoms with van der Waals surface area (Å²) in [7, 11) is 1.64. The highest BCUT2D eigenvalue weighted by Crippen LogP contribution is 2.26. The first-order valence-corrected chi connectivity index (χ1v) is 16.9. The van der Waals surface area contributed by atoms with Crippen LogP contribution in [-0.2, 0) is 9.59 Å². The largest absolute Gasteiger partial charge is 0.475 e. The summed E-state index contributed by atoms with van der Waals surface area (Å²) < 4.78 is 5.61. The second-order valence-electron chi connectivity index (χ2n) is 12.6. The van der Waals surface area contributed by atoms with Crippen LogP contribution in [0.3, 0.4) is 0 Å². The number of benzene rings is 1. The fourth-order valence-electron chi connectivity index (χ4n) is 6.11. The summed E-state index contributed by atoms with van der Waals surface area (Å²) in [5.74, 6) is 1.04. The van der Waals surface area contributed by atoms with Gasteiger partial charge in [0.2, 0.25) is 17.7 Å². The van der Waals surface area contributed by atoms with Gasteiger partial charge in [-0.1, -0.05) is 30.3 Å². The van der Waals surface area contributed by atoms with Crippen LogP contribution in [0, 0.1) is 11.3 Å². The first-order valence-electron chi connectivity index (χ1n) is 16.9. The van der Waals surface area contributed by atoms with Crippen LogP contribution in [0.2, 0.25) is 0 Å². The Morgan fingerprint density at radius 1 is 1.12 bits per heavy atom. The van der Waals surface area contributed by atoms with Crippen LogP contribution < -0.4 is 21.1 Å². The van der Waals surface area contributed by atoms with Crippen molar-refractivity contribution in [1.29, 1.82) is 5.41 Å². The van der Waals surface area contributed by atoms with Crippen molar-refractivity contribution >= 4 is 46.8 Å². The number of anilines is 2. The highest BCUT2D eigenvalue weighted by atomic mass is 16.5. The van der Waals surface area contributed by atoms with Crippen LogP contribution in [0.4, 0.5) is 11.5 Å². The molecule has 2 amide bonds. The molecule has 2 aliphatic heterocycles. The van der Waals surface area contributed by atoms with Gasteiger partial charge >= 0.3 is 0 Å². The average Bonchev–Trinajstić information content (AvgIpc) is 3.60. The predicted octanol–water partition coefficient (Wildman–Crippen LogP) is 3.62. The van der Waals surface area contributed by atoms with E-state index in [1.165, 1.54) is 11.9 Å². The molecular formula is C37H46N10O3. The van der Waals surface area contributed by atoms with Gasteiger partial charge in [-0.15, -0.1) is 0 Å². The second-order valence-corrected chi connectivity index (χ2v) is 12.6. The molecule has 0 aliphatic carbocycles. The van der Waals surface area contributed by atoms with Crippen molar-refractivity contribution in [2.24, 2.45) is 21.6 Å². The van der Waals surface area contributed by atoms with Crippen LogP contribution in [0.1, 0.15) is 56.0 Å². The van der Waals surface area contributed by atoms with Crippen molar-refractivity contribution in [3.63, 3.8) is 0 Å². The summed E-state index contributed by atoms with van der Waals surface area (Å²) in [4.78, 5) is 49.5. The number of aromatic nitrogens is 2. The zero-order valence-corrected chi connectivity index (χ0v) is 29.2. The van der Waals surface area contributed by atoms with E-state index >= 15 is 0 Å². The molecule has 1 saturated heterocycles. The normalized spacial score (nSPS) is 16.9. The number of ether oxygens (including phenoxy) is 1. The monoisotopic (exact) mass is 678 g/mol. The highest BCUT2D eigenvalue weighted by Gasteiger charge is 2.34. The van der Waals surface area contributed by atoms with Crippen LogP contribution in [0.15, 0.2) is 70.8 Å². The van der Waals surface area contributed by atoms with E-state index in [-0.39, 0.29) is 41.8 Å². The van der Waals surface area contributed by atoms with Gasteiger partial charge in [0.15, 0.2) is 0 Å². The first-order chi connectivity index (χ1) is 24.1. The Hall–Kier alpha value is -5.43. The molecule has 2 aliphatic rings. The lowest BCUT2D eigenvalue weighted by Crippen LogP contribution is -2.42. The van der Waals surface area contributed by atoms with Gasteiger partial charge in [-0.3, -0.25) is 29.8 Å². The molecule has 5 N–H and O–H groups in total. The third-order valence-electron chi connectivity index (χ3n) is 8.79. The van der Waals surface area contributed by atoms with E-state index < -0.39 is 0 Å². The minimum atomic E-state index is -0.271. The molecule has 4 heterocycles. The number of nitrogens with one attached hydrogen (secondary N) is 1. The molecule has 1 aromatic carbocycles. The number of nitrogen functional groups attached to an aromatic ring is 1. The predicted molar refractivity (Wildman–Crippen MR) is 198 cm³/mol. The van der Waals surface area contributed by atoms with Gasteiger partial charge in [0.05, 0.1) is 30.0 Å². The summed E-state index contributed by atoms with van der Waals surface area (Å²) in [5.41, 5.74) is 16.6. The fourth-order valence-corrected chi connectivity index (χ4v) is 6.11. The van der Waals surface area contributed by atoms with Gasteiger partial charge in [-0.2, -0.15) is 0 Å². The summed E-state index contributed by atoms with van der Waals surface area (Å²) in [6.07, 6.45) is 6.47. The Morgan fingerprint density at radius 3 is 2.52 bits per heavy atom. The minimum absolute atomic E-state index is 0.0163. The lowest BCUT2D eigenvalue weighted by molar-refractivity contribution is -0.132. The third kappa shape index (κ3) is 8.58. The molecule has 3 aromatic rings. The van der Waals surface area contributed by atoms with Gasteiger partial charge in [0.1, 0.15) is 23.7 Å². The maximum absolute atomic E-state index is 13.8.